The predicted octanol–water partition coefficient (Wildman–Crippen LogP) is 3.04. The molecule has 4 aromatic rings. The standard InChI is InChI=1S/C23H24N6O2S/c30-32(31,29-14-19-3-1-2-4-20(19)15-29)21-7-5-18(6-8-21)13-28(16-22-24-9-10-25-22)17-23-26-11-12-27-23/h1-12H,13-17H2,(H,24,25)(H,26,27). The van der Waals surface area contributed by atoms with Crippen molar-refractivity contribution >= 4 is 10.0 Å². The first-order valence-electron chi connectivity index (χ1n) is 10.4. The first kappa shape index (κ1) is 20.6. The van der Waals surface area contributed by atoms with Gasteiger partial charge in [-0.25, -0.2) is 18.4 Å². The van der Waals surface area contributed by atoms with Crippen molar-refractivity contribution in [2.24, 2.45) is 0 Å². The summed E-state index contributed by atoms with van der Waals surface area (Å²) >= 11 is 0. The Kier molecular flexibility index (Phi) is 5.60. The Morgan fingerprint density at radius 1 is 0.812 bits per heavy atom. The zero-order valence-corrected chi connectivity index (χ0v) is 18.3. The van der Waals surface area contributed by atoms with E-state index >= 15 is 0 Å². The number of hydrogen-bond acceptors (Lipinski definition) is 5. The van der Waals surface area contributed by atoms with Gasteiger partial charge >= 0.3 is 0 Å². The van der Waals surface area contributed by atoms with Gasteiger partial charge in [0.25, 0.3) is 0 Å². The van der Waals surface area contributed by atoms with Gasteiger partial charge in [0.2, 0.25) is 10.0 Å². The van der Waals surface area contributed by atoms with E-state index in [1.165, 1.54) is 4.31 Å². The molecule has 0 saturated heterocycles. The molecule has 32 heavy (non-hydrogen) atoms. The van der Waals surface area contributed by atoms with Crippen molar-refractivity contribution in [1.29, 1.82) is 0 Å². The van der Waals surface area contributed by atoms with Gasteiger partial charge < -0.3 is 9.97 Å². The zero-order chi connectivity index (χ0) is 22.0. The van der Waals surface area contributed by atoms with Gasteiger partial charge in [0.1, 0.15) is 11.6 Å². The van der Waals surface area contributed by atoms with E-state index in [0.29, 0.717) is 37.6 Å². The van der Waals surface area contributed by atoms with Crippen LogP contribution in [0.25, 0.3) is 0 Å². The fourth-order valence-electron chi connectivity index (χ4n) is 4.01. The monoisotopic (exact) mass is 448 g/mol. The molecule has 1 aliphatic heterocycles. The molecule has 9 heteroatoms. The van der Waals surface area contributed by atoms with Crippen LogP contribution in [0.4, 0.5) is 0 Å². The van der Waals surface area contributed by atoms with Crippen LogP contribution in [0.1, 0.15) is 28.3 Å². The number of aromatic amines is 2. The van der Waals surface area contributed by atoms with Crippen LogP contribution < -0.4 is 0 Å². The number of benzene rings is 2. The van der Waals surface area contributed by atoms with Crippen LogP contribution in [-0.4, -0.2) is 37.6 Å². The molecule has 0 amide bonds. The number of aromatic nitrogens is 4. The molecule has 2 aromatic heterocycles. The predicted molar refractivity (Wildman–Crippen MR) is 119 cm³/mol. The largest absolute Gasteiger partial charge is 0.348 e. The van der Waals surface area contributed by atoms with Crippen LogP contribution in [0.2, 0.25) is 0 Å². The topological polar surface area (TPSA) is 98.0 Å². The maximum atomic E-state index is 13.2. The zero-order valence-electron chi connectivity index (χ0n) is 17.5. The number of H-pyrrole nitrogens is 2. The van der Waals surface area contributed by atoms with Crippen LogP contribution in [0.3, 0.4) is 0 Å². The van der Waals surface area contributed by atoms with E-state index < -0.39 is 10.0 Å². The van der Waals surface area contributed by atoms with Gasteiger partial charge in [-0.05, 0) is 28.8 Å². The van der Waals surface area contributed by atoms with Crippen LogP contribution in [0.15, 0.2) is 78.2 Å². The number of sulfonamides is 1. The molecule has 0 bridgehead atoms. The lowest BCUT2D eigenvalue weighted by atomic mass is 10.1. The minimum atomic E-state index is -3.54. The lowest BCUT2D eigenvalue weighted by Crippen LogP contribution is -2.26. The van der Waals surface area contributed by atoms with E-state index in [2.05, 4.69) is 24.8 Å². The molecule has 3 heterocycles. The van der Waals surface area contributed by atoms with Crippen molar-refractivity contribution in [2.45, 2.75) is 37.6 Å². The van der Waals surface area contributed by atoms with Crippen LogP contribution in [-0.2, 0) is 42.7 Å². The van der Waals surface area contributed by atoms with E-state index in [1.54, 1.807) is 36.9 Å². The molecular weight excluding hydrogens is 424 g/mol. The molecule has 0 aliphatic carbocycles. The molecule has 8 nitrogen and oxygen atoms in total. The molecule has 2 aromatic carbocycles. The lowest BCUT2D eigenvalue weighted by Gasteiger charge is -2.21. The Hall–Kier alpha value is -3.27. The minimum Gasteiger partial charge on any atom is -0.348 e. The number of hydrogen-bond donors (Lipinski definition) is 2. The van der Waals surface area contributed by atoms with Crippen molar-refractivity contribution in [3.63, 3.8) is 0 Å². The van der Waals surface area contributed by atoms with Crippen molar-refractivity contribution < 1.29 is 8.42 Å². The first-order chi connectivity index (χ1) is 15.6. The van der Waals surface area contributed by atoms with Gasteiger partial charge in [0, 0.05) is 44.4 Å². The molecule has 5 rings (SSSR count). The highest BCUT2D eigenvalue weighted by atomic mass is 32.2. The van der Waals surface area contributed by atoms with Crippen LogP contribution in [0, 0.1) is 0 Å². The summed E-state index contributed by atoms with van der Waals surface area (Å²) < 4.78 is 27.8. The molecule has 2 N–H and O–H groups in total. The summed E-state index contributed by atoms with van der Waals surface area (Å²) in [6.45, 7) is 2.72. The van der Waals surface area contributed by atoms with Gasteiger partial charge in [0.15, 0.2) is 0 Å². The minimum absolute atomic E-state index is 0.317. The Bertz CT molecular complexity index is 1210. The summed E-state index contributed by atoms with van der Waals surface area (Å²) in [7, 11) is -3.54. The SMILES string of the molecule is O=S(=O)(c1ccc(CN(Cc2ncc[nH]2)Cc2ncc[nH]2)cc1)N1Cc2ccccc2C1. The third-order valence-corrected chi connectivity index (χ3v) is 7.44. The molecule has 0 fully saturated rings. The van der Waals surface area contributed by atoms with Crippen molar-refractivity contribution in [1.82, 2.24) is 29.1 Å². The van der Waals surface area contributed by atoms with E-state index in [-0.39, 0.29) is 0 Å². The quantitative estimate of drug-likeness (QED) is 0.432. The van der Waals surface area contributed by atoms with Crippen LogP contribution in [0.5, 0.6) is 0 Å². The van der Waals surface area contributed by atoms with Crippen LogP contribution >= 0.6 is 0 Å². The summed E-state index contributed by atoms with van der Waals surface area (Å²) in [6.07, 6.45) is 7.07. The summed E-state index contributed by atoms with van der Waals surface area (Å²) in [5.74, 6) is 1.73. The van der Waals surface area contributed by atoms with Crippen molar-refractivity contribution in [3.05, 3.63) is 102 Å². The van der Waals surface area contributed by atoms with E-state index in [9.17, 15) is 8.42 Å². The molecule has 164 valence electrons. The third kappa shape index (κ3) is 4.36. The van der Waals surface area contributed by atoms with E-state index in [4.69, 9.17) is 0 Å². The third-order valence-electron chi connectivity index (χ3n) is 5.64. The fourth-order valence-corrected chi connectivity index (χ4v) is 5.40. The normalized spacial score (nSPS) is 14.2. The van der Waals surface area contributed by atoms with Gasteiger partial charge in [-0.1, -0.05) is 36.4 Å². The average molecular weight is 449 g/mol. The summed E-state index contributed by atoms with van der Waals surface area (Å²) in [6, 6.07) is 15.0. The summed E-state index contributed by atoms with van der Waals surface area (Å²) in [4.78, 5) is 17.4. The number of fused-ring (bicyclic) bond motifs is 1. The molecule has 0 saturated carbocycles. The van der Waals surface area contributed by atoms with Gasteiger partial charge in [-0.2, -0.15) is 4.31 Å². The molecule has 1 aliphatic rings. The number of rotatable bonds is 8. The summed E-state index contributed by atoms with van der Waals surface area (Å²) in [5.41, 5.74) is 3.16. The highest BCUT2D eigenvalue weighted by molar-refractivity contribution is 7.89. The van der Waals surface area contributed by atoms with Crippen molar-refractivity contribution in [3.8, 4) is 0 Å². The first-order valence-corrected chi connectivity index (χ1v) is 11.9. The Morgan fingerprint density at radius 2 is 1.38 bits per heavy atom. The second-order valence-corrected chi connectivity index (χ2v) is 9.84. The number of imidazole rings is 2. The lowest BCUT2D eigenvalue weighted by molar-refractivity contribution is 0.236. The molecule has 0 spiro atoms. The molecule has 0 atom stereocenters. The van der Waals surface area contributed by atoms with Gasteiger partial charge in [-0.3, -0.25) is 4.90 Å². The smallest absolute Gasteiger partial charge is 0.243 e. The van der Waals surface area contributed by atoms with Crippen molar-refractivity contribution in [2.75, 3.05) is 0 Å². The fraction of sp³-hybridized carbons (Fsp3) is 0.217. The maximum Gasteiger partial charge on any atom is 0.243 e. The Balaban J connectivity index is 1.30. The number of nitrogens with one attached hydrogen (secondary N) is 2. The maximum absolute atomic E-state index is 13.2. The number of nitrogens with zero attached hydrogens (tertiary/aromatic N) is 4. The second-order valence-electron chi connectivity index (χ2n) is 7.90. The highest BCUT2D eigenvalue weighted by Crippen LogP contribution is 2.28. The highest BCUT2D eigenvalue weighted by Gasteiger charge is 2.30. The Labute approximate surface area is 187 Å². The average Bonchev–Trinajstić information content (AvgIpc) is 3.56. The van der Waals surface area contributed by atoms with Gasteiger partial charge in [-0.15, -0.1) is 0 Å². The molecule has 0 unspecified atom stereocenters. The molecule has 0 radical (unpaired) electrons. The Morgan fingerprint density at radius 3 is 1.88 bits per heavy atom. The van der Waals surface area contributed by atoms with E-state index in [0.717, 1.165) is 28.3 Å². The summed E-state index contributed by atoms with van der Waals surface area (Å²) in [5, 5.41) is 0. The van der Waals surface area contributed by atoms with Gasteiger partial charge in [0.05, 0.1) is 18.0 Å². The molecular formula is C23H24N6O2S. The second kappa shape index (κ2) is 8.70. The van der Waals surface area contributed by atoms with E-state index in [1.807, 2.05) is 36.4 Å².